The molecule has 0 heterocycles. The molecule has 116 valence electrons. The highest BCUT2D eigenvalue weighted by molar-refractivity contribution is 5.49. The quantitative estimate of drug-likeness (QED) is 0.663. The number of fused-ring (bicyclic) bond motifs is 1. The van der Waals surface area contributed by atoms with E-state index < -0.39 is 28.4 Å². The van der Waals surface area contributed by atoms with Crippen molar-refractivity contribution in [3.63, 3.8) is 0 Å². The van der Waals surface area contributed by atoms with Crippen molar-refractivity contribution in [1.29, 1.82) is 0 Å². The minimum absolute atomic E-state index is 0.0481. The molecular formula is C14H18F2N2O3. The first-order valence-electron chi connectivity index (χ1n) is 6.62. The minimum Gasteiger partial charge on any atom is -0.390 e. The minimum atomic E-state index is -3.55. The van der Waals surface area contributed by atoms with Gasteiger partial charge in [0.1, 0.15) is 12.1 Å². The Hall–Kier alpha value is -1.60. The molecule has 0 unspecified atom stereocenters. The number of nitro groups is 1. The van der Waals surface area contributed by atoms with E-state index in [9.17, 15) is 18.9 Å². The molecule has 0 spiro atoms. The van der Waals surface area contributed by atoms with Gasteiger partial charge in [0, 0.05) is 12.1 Å². The summed E-state index contributed by atoms with van der Waals surface area (Å²) in [6, 6.07) is 3.89. The molecular weight excluding hydrogens is 282 g/mol. The van der Waals surface area contributed by atoms with Crippen molar-refractivity contribution < 1.29 is 18.8 Å². The summed E-state index contributed by atoms with van der Waals surface area (Å²) < 4.78 is 28.3. The molecule has 1 aliphatic rings. The summed E-state index contributed by atoms with van der Waals surface area (Å²) in [4.78, 5) is 10.3. The van der Waals surface area contributed by atoms with Crippen molar-refractivity contribution in [2.45, 2.75) is 43.6 Å². The molecule has 0 fully saturated rings. The molecule has 3 N–H and O–H groups in total. The number of aliphatic hydroxyl groups excluding tert-OH is 1. The molecule has 1 aliphatic carbocycles. The first kappa shape index (κ1) is 15.8. The smallest absolute Gasteiger partial charge is 0.292 e. The van der Waals surface area contributed by atoms with Gasteiger partial charge in [-0.2, -0.15) is 0 Å². The van der Waals surface area contributed by atoms with Crippen LogP contribution < -0.4 is 5.73 Å². The maximum absolute atomic E-state index is 14.1. The van der Waals surface area contributed by atoms with E-state index in [-0.39, 0.29) is 17.7 Å². The molecule has 0 bridgehead atoms. The molecule has 1 atom stereocenters. The maximum atomic E-state index is 14.1. The number of alkyl halides is 2. The first-order valence-corrected chi connectivity index (χ1v) is 6.62. The SMILES string of the molecule is CC1(C)CC[C@@](N)(C(F)(F)CO)c2cc([N+](=O)[O-])ccc21. The summed E-state index contributed by atoms with van der Waals surface area (Å²) in [5.74, 6) is -3.55. The monoisotopic (exact) mass is 300 g/mol. The zero-order chi connectivity index (χ0) is 16.1. The number of nitrogens with zero attached hydrogens (tertiary/aromatic N) is 1. The van der Waals surface area contributed by atoms with Crippen LogP contribution in [0.3, 0.4) is 0 Å². The topological polar surface area (TPSA) is 89.4 Å². The van der Waals surface area contributed by atoms with Crippen molar-refractivity contribution in [3.05, 3.63) is 39.4 Å². The van der Waals surface area contributed by atoms with E-state index in [0.717, 1.165) is 6.07 Å². The number of halogens is 2. The van der Waals surface area contributed by atoms with Gasteiger partial charge in [-0.3, -0.25) is 10.1 Å². The highest BCUT2D eigenvalue weighted by Crippen LogP contribution is 2.50. The van der Waals surface area contributed by atoms with Gasteiger partial charge < -0.3 is 10.8 Å². The average Bonchev–Trinajstić information content (AvgIpc) is 2.42. The van der Waals surface area contributed by atoms with Gasteiger partial charge in [0.25, 0.3) is 11.6 Å². The molecule has 0 aliphatic heterocycles. The number of hydrogen-bond acceptors (Lipinski definition) is 4. The lowest BCUT2D eigenvalue weighted by molar-refractivity contribution is -0.385. The van der Waals surface area contributed by atoms with Crippen LogP contribution in [-0.4, -0.2) is 22.6 Å². The molecule has 1 aromatic carbocycles. The summed E-state index contributed by atoms with van der Waals surface area (Å²) in [6.07, 6.45) is 0.353. The van der Waals surface area contributed by atoms with Crippen molar-refractivity contribution in [2.24, 2.45) is 5.73 Å². The van der Waals surface area contributed by atoms with Crippen LogP contribution in [0.4, 0.5) is 14.5 Å². The molecule has 7 heteroatoms. The first-order chi connectivity index (χ1) is 9.55. The van der Waals surface area contributed by atoms with E-state index in [1.807, 2.05) is 13.8 Å². The highest BCUT2D eigenvalue weighted by atomic mass is 19.3. The zero-order valence-electron chi connectivity index (χ0n) is 11.9. The number of hydrogen-bond donors (Lipinski definition) is 2. The van der Waals surface area contributed by atoms with E-state index in [1.54, 1.807) is 0 Å². The normalized spacial score (nSPS) is 24.5. The van der Waals surface area contributed by atoms with Crippen molar-refractivity contribution >= 4 is 5.69 Å². The van der Waals surface area contributed by atoms with Crippen LogP contribution in [0.15, 0.2) is 18.2 Å². The summed E-state index contributed by atoms with van der Waals surface area (Å²) >= 11 is 0. The molecule has 0 amide bonds. The van der Waals surface area contributed by atoms with Gasteiger partial charge in [0.15, 0.2) is 0 Å². The number of aliphatic hydroxyl groups is 1. The number of rotatable bonds is 3. The third-order valence-corrected chi connectivity index (χ3v) is 4.42. The lowest BCUT2D eigenvalue weighted by Gasteiger charge is -2.46. The van der Waals surface area contributed by atoms with Gasteiger partial charge in [-0.05, 0) is 29.4 Å². The van der Waals surface area contributed by atoms with Gasteiger partial charge >= 0.3 is 0 Å². The van der Waals surface area contributed by atoms with Gasteiger partial charge in [-0.15, -0.1) is 0 Å². The average molecular weight is 300 g/mol. The van der Waals surface area contributed by atoms with E-state index in [1.165, 1.54) is 12.1 Å². The molecule has 2 rings (SSSR count). The van der Waals surface area contributed by atoms with E-state index in [4.69, 9.17) is 10.8 Å². The van der Waals surface area contributed by atoms with Crippen LogP contribution in [0.25, 0.3) is 0 Å². The zero-order valence-corrected chi connectivity index (χ0v) is 11.9. The third kappa shape index (κ3) is 2.30. The van der Waals surface area contributed by atoms with Crippen LogP contribution in [0.5, 0.6) is 0 Å². The maximum Gasteiger partial charge on any atom is 0.292 e. The van der Waals surface area contributed by atoms with Crippen LogP contribution in [0, 0.1) is 10.1 Å². The Morgan fingerprint density at radius 3 is 2.52 bits per heavy atom. The van der Waals surface area contributed by atoms with E-state index in [2.05, 4.69) is 0 Å². The molecule has 0 radical (unpaired) electrons. The summed E-state index contributed by atoms with van der Waals surface area (Å²) in [5.41, 5.74) is 3.74. The number of benzene rings is 1. The van der Waals surface area contributed by atoms with Gasteiger partial charge in [0.2, 0.25) is 0 Å². The van der Waals surface area contributed by atoms with E-state index in [0.29, 0.717) is 12.0 Å². The second-order valence-electron chi connectivity index (χ2n) is 6.20. The lowest BCUT2D eigenvalue weighted by atomic mass is 9.63. The number of nitro benzene ring substituents is 1. The lowest BCUT2D eigenvalue weighted by Crippen LogP contribution is -2.58. The Balaban J connectivity index is 2.72. The molecule has 0 saturated carbocycles. The van der Waals surface area contributed by atoms with Gasteiger partial charge in [-0.25, -0.2) is 8.78 Å². The fourth-order valence-corrected chi connectivity index (χ4v) is 2.91. The Morgan fingerprint density at radius 1 is 1.38 bits per heavy atom. The van der Waals surface area contributed by atoms with Crippen LogP contribution in [-0.2, 0) is 11.0 Å². The number of non-ortho nitro benzene ring substituents is 1. The van der Waals surface area contributed by atoms with Gasteiger partial charge in [0.05, 0.1) is 4.92 Å². The Labute approximate surface area is 120 Å². The molecule has 1 aromatic rings. The van der Waals surface area contributed by atoms with Gasteiger partial charge in [-0.1, -0.05) is 19.9 Å². The second kappa shape index (κ2) is 4.71. The molecule has 0 saturated heterocycles. The fourth-order valence-electron chi connectivity index (χ4n) is 2.91. The Bertz CT molecular complexity index is 590. The fraction of sp³-hybridized carbons (Fsp3) is 0.571. The third-order valence-electron chi connectivity index (χ3n) is 4.42. The van der Waals surface area contributed by atoms with Crippen LogP contribution in [0.1, 0.15) is 37.8 Å². The van der Waals surface area contributed by atoms with Crippen LogP contribution >= 0.6 is 0 Å². The largest absolute Gasteiger partial charge is 0.390 e. The van der Waals surface area contributed by atoms with Crippen molar-refractivity contribution in [1.82, 2.24) is 0 Å². The predicted octanol–water partition coefficient (Wildman–Crippen LogP) is 2.45. The molecule has 5 nitrogen and oxygen atoms in total. The summed E-state index contributed by atoms with van der Waals surface area (Å²) in [6.45, 7) is 2.37. The van der Waals surface area contributed by atoms with Crippen molar-refractivity contribution in [3.8, 4) is 0 Å². The van der Waals surface area contributed by atoms with Crippen LogP contribution in [0.2, 0.25) is 0 Å². The van der Waals surface area contributed by atoms with Crippen molar-refractivity contribution in [2.75, 3.05) is 6.61 Å². The van der Waals surface area contributed by atoms with E-state index >= 15 is 0 Å². The molecule has 0 aromatic heterocycles. The highest BCUT2D eigenvalue weighted by Gasteiger charge is 2.56. The summed E-state index contributed by atoms with van der Waals surface area (Å²) in [5, 5.41) is 19.9. The number of nitrogens with two attached hydrogens (primary N) is 1. The standard InChI is InChI=1S/C14H18F2N2O3/c1-12(2)5-6-13(17,14(15,16)8-19)11-7-9(18(20)21)3-4-10(11)12/h3-4,7,19H,5-6,8,17H2,1-2H3/t13-/m0/s1. The Kier molecular flexibility index (Phi) is 3.54. The second-order valence-corrected chi connectivity index (χ2v) is 6.20. The summed E-state index contributed by atoms with van der Waals surface area (Å²) in [7, 11) is 0. The molecule has 21 heavy (non-hydrogen) atoms. The Morgan fingerprint density at radius 2 is 2.00 bits per heavy atom. The predicted molar refractivity (Wildman–Crippen MR) is 73.3 cm³/mol.